The second-order valence-corrected chi connectivity index (χ2v) is 6.22. The molecule has 1 saturated heterocycles. The van der Waals surface area contributed by atoms with Gasteiger partial charge in [0.2, 0.25) is 0 Å². The molecule has 0 aromatic heterocycles. The molecule has 0 amide bonds. The fourth-order valence-corrected chi connectivity index (χ4v) is 3.70. The zero-order valence-corrected chi connectivity index (χ0v) is 13.4. The quantitative estimate of drug-likeness (QED) is 0.879. The van der Waals surface area contributed by atoms with Crippen LogP contribution >= 0.6 is 27.5 Å². The molecule has 1 aromatic rings. The van der Waals surface area contributed by atoms with Crippen LogP contribution in [0.4, 0.5) is 10.1 Å². The second-order valence-electron chi connectivity index (χ2n) is 4.96. The maximum absolute atomic E-state index is 13.3. The lowest BCUT2D eigenvalue weighted by Crippen LogP contribution is -2.37. The van der Waals surface area contributed by atoms with Crippen LogP contribution in [0.3, 0.4) is 0 Å². The SMILES string of the molecule is CCCC1CN(c2c(Cl)cc(F)cc2Br)CCCN1. The zero-order chi connectivity index (χ0) is 13.8. The molecule has 0 aliphatic carbocycles. The first kappa shape index (κ1) is 15.1. The van der Waals surface area contributed by atoms with Gasteiger partial charge in [0.25, 0.3) is 0 Å². The Bertz CT molecular complexity index is 418. The lowest BCUT2D eigenvalue weighted by Gasteiger charge is -2.28. The molecule has 0 bridgehead atoms. The normalized spacial score (nSPS) is 20.4. The van der Waals surface area contributed by atoms with Crippen molar-refractivity contribution in [1.29, 1.82) is 0 Å². The van der Waals surface area contributed by atoms with Gasteiger partial charge in [0.1, 0.15) is 5.82 Å². The number of rotatable bonds is 3. The molecule has 2 rings (SSSR count). The van der Waals surface area contributed by atoms with Crippen LogP contribution in [-0.2, 0) is 0 Å². The van der Waals surface area contributed by atoms with E-state index in [4.69, 9.17) is 11.6 Å². The summed E-state index contributed by atoms with van der Waals surface area (Å²) in [5.74, 6) is -0.307. The van der Waals surface area contributed by atoms with E-state index in [0.29, 0.717) is 11.1 Å². The minimum absolute atomic E-state index is 0.307. The summed E-state index contributed by atoms with van der Waals surface area (Å²) in [4.78, 5) is 2.26. The fraction of sp³-hybridized carbons (Fsp3) is 0.571. The maximum Gasteiger partial charge on any atom is 0.125 e. The topological polar surface area (TPSA) is 15.3 Å². The van der Waals surface area contributed by atoms with E-state index in [1.54, 1.807) is 0 Å². The molecule has 5 heteroatoms. The van der Waals surface area contributed by atoms with E-state index in [2.05, 4.69) is 33.1 Å². The summed E-state index contributed by atoms with van der Waals surface area (Å²) in [7, 11) is 0. The molecule has 0 spiro atoms. The van der Waals surface area contributed by atoms with E-state index in [1.807, 2.05) is 0 Å². The molecule has 1 aliphatic rings. The summed E-state index contributed by atoms with van der Waals surface area (Å²) in [6, 6.07) is 3.34. The van der Waals surface area contributed by atoms with Crippen molar-refractivity contribution >= 4 is 33.2 Å². The van der Waals surface area contributed by atoms with E-state index < -0.39 is 0 Å². The van der Waals surface area contributed by atoms with E-state index in [0.717, 1.165) is 49.1 Å². The highest BCUT2D eigenvalue weighted by Gasteiger charge is 2.21. The molecule has 1 aromatic carbocycles. The Hall–Kier alpha value is -0.320. The third-order valence-corrected chi connectivity index (χ3v) is 4.31. The highest BCUT2D eigenvalue weighted by molar-refractivity contribution is 9.10. The fourth-order valence-electron chi connectivity index (χ4n) is 2.58. The zero-order valence-electron chi connectivity index (χ0n) is 11.1. The second kappa shape index (κ2) is 6.91. The Labute approximate surface area is 127 Å². The van der Waals surface area contributed by atoms with Crippen LogP contribution in [0.25, 0.3) is 0 Å². The number of anilines is 1. The van der Waals surface area contributed by atoms with E-state index in [9.17, 15) is 4.39 Å². The van der Waals surface area contributed by atoms with Gasteiger partial charge >= 0.3 is 0 Å². The van der Waals surface area contributed by atoms with Gasteiger partial charge in [0.15, 0.2) is 0 Å². The molecule has 0 radical (unpaired) electrons. The largest absolute Gasteiger partial charge is 0.368 e. The van der Waals surface area contributed by atoms with Gasteiger partial charge in [-0.05, 0) is 47.4 Å². The van der Waals surface area contributed by atoms with Crippen molar-refractivity contribution in [3.05, 3.63) is 27.4 Å². The molecule has 1 fully saturated rings. The number of nitrogens with zero attached hydrogens (tertiary/aromatic N) is 1. The summed E-state index contributed by atoms with van der Waals surface area (Å²) in [5.41, 5.74) is 0.910. The van der Waals surface area contributed by atoms with Crippen LogP contribution in [0, 0.1) is 5.82 Å². The van der Waals surface area contributed by atoms with Crippen molar-refractivity contribution in [1.82, 2.24) is 5.32 Å². The van der Waals surface area contributed by atoms with Gasteiger partial charge < -0.3 is 10.2 Å². The van der Waals surface area contributed by atoms with Crippen molar-refractivity contribution in [2.24, 2.45) is 0 Å². The first-order chi connectivity index (χ1) is 9.11. The molecule has 1 unspecified atom stereocenters. The summed E-state index contributed by atoms with van der Waals surface area (Å²) in [5, 5.41) is 4.03. The Morgan fingerprint density at radius 1 is 1.53 bits per heavy atom. The Balaban J connectivity index is 2.24. The summed E-state index contributed by atoms with van der Waals surface area (Å²) in [6.07, 6.45) is 3.37. The van der Waals surface area contributed by atoms with Crippen LogP contribution in [0.15, 0.2) is 16.6 Å². The van der Waals surface area contributed by atoms with Gasteiger partial charge in [-0.15, -0.1) is 0 Å². The highest BCUT2D eigenvalue weighted by Crippen LogP contribution is 2.35. The predicted octanol–water partition coefficient (Wildman–Crippen LogP) is 4.21. The molecule has 0 saturated carbocycles. The molecular formula is C14H19BrClFN2. The minimum Gasteiger partial charge on any atom is -0.368 e. The smallest absolute Gasteiger partial charge is 0.125 e. The monoisotopic (exact) mass is 348 g/mol. The van der Waals surface area contributed by atoms with E-state index >= 15 is 0 Å². The van der Waals surface area contributed by atoms with Crippen LogP contribution in [0.2, 0.25) is 5.02 Å². The Morgan fingerprint density at radius 2 is 2.32 bits per heavy atom. The lowest BCUT2D eigenvalue weighted by atomic mass is 10.1. The third-order valence-electron chi connectivity index (χ3n) is 3.41. The number of hydrogen-bond donors (Lipinski definition) is 1. The van der Waals surface area contributed by atoms with Gasteiger partial charge in [-0.25, -0.2) is 4.39 Å². The number of hydrogen-bond acceptors (Lipinski definition) is 2. The van der Waals surface area contributed by atoms with Gasteiger partial charge in [-0.3, -0.25) is 0 Å². The average molecular weight is 350 g/mol. The first-order valence-electron chi connectivity index (χ1n) is 6.74. The molecular weight excluding hydrogens is 331 g/mol. The highest BCUT2D eigenvalue weighted by atomic mass is 79.9. The van der Waals surface area contributed by atoms with Gasteiger partial charge in [-0.1, -0.05) is 24.9 Å². The van der Waals surface area contributed by atoms with Crippen molar-refractivity contribution in [3.8, 4) is 0 Å². The summed E-state index contributed by atoms with van der Waals surface area (Å²) in [6.45, 7) is 5.07. The van der Waals surface area contributed by atoms with Crippen molar-refractivity contribution in [2.45, 2.75) is 32.2 Å². The predicted molar refractivity (Wildman–Crippen MR) is 82.6 cm³/mol. The Kier molecular flexibility index (Phi) is 5.48. The van der Waals surface area contributed by atoms with Crippen molar-refractivity contribution in [3.63, 3.8) is 0 Å². The van der Waals surface area contributed by atoms with Crippen molar-refractivity contribution < 1.29 is 4.39 Å². The van der Waals surface area contributed by atoms with E-state index in [1.165, 1.54) is 12.1 Å². The van der Waals surface area contributed by atoms with Crippen LogP contribution < -0.4 is 10.2 Å². The van der Waals surface area contributed by atoms with Crippen LogP contribution in [-0.4, -0.2) is 25.7 Å². The van der Waals surface area contributed by atoms with Gasteiger partial charge in [0.05, 0.1) is 10.7 Å². The van der Waals surface area contributed by atoms with Crippen LogP contribution in [0.1, 0.15) is 26.2 Å². The molecule has 2 nitrogen and oxygen atoms in total. The minimum atomic E-state index is -0.307. The standard InChI is InChI=1S/C14H19BrClFN2/c1-2-4-11-9-19(6-3-5-18-11)14-12(15)7-10(17)8-13(14)16/h7-8,11,18H,2-6,9H2,1H3. The lowest BCUT2D eigenvalue weighted by molar-refractivity contribution is 0.502. The number of benzene rings is 1. The van der Waals surface area contributed by atoms with E-state index in [-0.39, 0.29) is 5.82 Å². The van der Waals surface area contributed by atoms with Crippen molar-refractivity contribution in [2.75, 3.05) is 24.5 Å². The first-order valence-corrected chi connectivity index (χ1v) is 7.91. The van der Waals surface area contributed by atoms with Gasteiger partial charge in [0, 0.05) is 23.6 Å². The summed E-state index contributed by atoms with van der Waals surface area (Å²) >= 11 is 9.65. The number of halogens is 3. The van der Waals surface area contributed by atoms with Gasteiger partial charge in [-0.2, -0.15) is 0 Å². The maximum atomic E-state index is 13.3. The molecule has 1 N–H and O–H groups in total. The summed E-state index contributed by atoms with van der Waals surface area (Å²) < 4.78 is 14.0. The molecule has 1 heterocycles. The molecule has 1 atom stereocenters. The van der Waals surface area contributed by atoms with Crippen LogP contribution in [0.5, 0.6) is 0 Å². The average Bonchev–Trinajstić information content (AvgIpc) is 2.54. The molecule has 19 heavy (non-hydrogen) atoms. The number of nitrogens with one attached hydrogen (secondary N) is 1. The molecule has 1 aliphatic heterocycles. The molecule has 106 valence electrons. The Morgan fingerprint density at radius 3 is 3.00 bits per heavy atom. The third kappa shape index (κ3) is 3.83.